The van der Waals surface area contributed by atoms with Crippen molar-refractivity contribution in [3.63, 3.8) is 0 Å². The Balaban J connectivity index is 2.15. The smallest absolute Gasteiger partial charge is 0.274 e. The molecule has 2 aromatic rings. The summed E-state index contributed by atoms with van der Waals surface area (Å²) in [6, 6.07) is 7.66. The number of alkyl halides is 3. The van der Waals surface area contributed by atoms with Crippen LogP contribution in [0, 0.1) is 22.7 Å². The first-order valence-electron chi connectivity index (χ1n) is 7.97. The van der Waals surface area contributed by atoms with Crippen LogP contribution in [0.25, 0.3) is 5.69 Å². The maximum absolute atomic E-state index is 13.4. The second-order valence-corrected chi connectivity index (χ2v) is 6.28. The summed E-state index contributed by atoms with van der Waals surface area (Å²) in [5.74, 6) is 0. The van der Waals surface area contributed by atoms with Crippen molar-refractivity contribution >= 4 is 23.0 Å². The first kappa shape index (κ1) is 18.7. The summed E-state index contributed by atoms with van der Waals surface area (Å²) in [6.45, 7) is 0. The fraction of sp³-hybridized carbons (Fsp3) is 0.294. The maximum Gasteiger partial charge on any atom is 0.435 e. The molecule has 1 N–H and O–H groups in total. The molecule has 27 heavy (non-hydrogen) atoms. The molecule has 0 spiro atoms. The normalized spacial score (nSPS) is 13.3. The van der Waals surface area contributed by atoms with Crippen LogP contribution in [0.15, 0.2) is 23.3 Å². The highest BCUT2D eigenvalue weighted by Crippen LogP contribution is 2.38. The van der Waals surface area contributed by atoms with Crippen LogP contribution < -0.4 is 5.43 Å². The van der Waals surface area contributed by atoms with E-state index in [2.05, 4.69) is 15.6 Å². The number of nitriles is 2. The number of anilines is 1. The molecule has 0 bridgehead atoms. The standard InChI is InChI=1S/C17H12ClF3N6/c18-10-5-6-15(13(7-10)25-24-11(8-22)9-23)27-14-4-2-1-3-12(14)16(26-27)17(19,20)21/h5-7,25H,1-4H2. The molecule has 0 radical (unpaired) electrons. The van der Waals surface area contributed by atoms with E-state index in [1.165, 1.54) is 22.9 Å². The highest BCUT2D eigenvalue weighted by molar-refractivity contribution is 6.31. The third kappa shape index (κ3) is 3.74. The molecule has 3 rings (SSSR count). The fourth-order valence-corrected chi connectivity index (χ4v) is 3.17. The van der Waals surface area contributed by atoms with Gasteiger partial charge in [-0.25, -0.2) is 4.68 Å². The van der Waals surface area contributed by atoms with Crippen LogP contribution in [0.3, 0.4) is 0 Å². The Labute approximate surface area is 157 Å². The average Bonchev–Trinajstić information content (AvgIpc) is 3.03. The Morgan fingerprint density at radius 3 is 2.59 bits per heavy atom. The number of benzene rings is 1. The number of fused-ring (bicyclic) bond motifs is 1. The molecule has 138 valence electrons. The van der Waals surface area contributed by atoms with E-state index in [4.69, 9.17) is 22.1 Å². The molecule has 0 saturated carbocycles. The summed E-state index contributed by atoms with van der Waals surface area (Å²) in [6.07, 6.45) is -2.35. The van der Waals surface area contributed by atoms with Gasteiger partial charge in [0.2, 0.25) is 5.71 Å². The van der Waals surface area contributed by atoms with Crippen molar-refractivity contribution in [3.05, 3.63) is 40.2 Å². The average molecular weight is 393 g/mol. The van der Waals surface area contributed by atoms with E-state index < -0.39 is 17.6 Å². The quantitative estimate of drug-likeness (QED) is 0.625. The van der Waals surface area contributed by atoms with Gasteiger partial charge in [-0.15, -0.1) is 0 Å². The predicted octanol–water partition coefficient (Wildman–Crippen LogP) is 4.24. The number of nitrogens with one attached hydrogen (secondary N) is 1. The largest absolute Gasteiger partial charge is 0.435 e. The molecule has 1 aromatic carbocycles. The Morgan fingerprint density at radius 2 is 1.93 bits per heavy atom. The highest BCUT2D eigenvalue weighted by Gasteiger charge is 2.39. The van der Waals surface area contributed by atoms with E-state index in [-0.39, 0.29) is 11.3 Å². The van der Waals surface area contributed by atoms with Crippen LogP contribution in [-0.2, 0) is 19.0 Å². The SMILES string of the molecule is N#CC(C#N)=NNc1cc(Cl)ccc1-n1nc(C(F)(F)F)c2c1CCCC2. The van der Waals surface area contributed by atoms with Crippen molar-refractivity contribution in [2.24, 2.45) is 5.10 Å². The molecular formula is C17H12ClF3N6. The summed E-state index contributed by atoms with van der Waals surface area (Å²) in [7, 11) is 0. The number of rotatable bonds is 3. The zero-order valence-electron chi connectivity index (χ0n) is 13.8. The lowest BCUT2D eigenvalue weighted by atomic mass is 9.95. The van der Waals surface area contributed by atoms with Gasteiger partial charge in [0.25, 0.3) is 0 Å². The van der Waals surface area contributed by atoms with Crippen molar-refractivity contribution in [3.8, 4) is 17.8 Å². The lowest BCUT2D eigenvalue weighted by Crippen LogP contribution is -2.11. The minimum absolute atomic E-state index is 0.202. The molecular weight excluding hydrogens is 381 g/mol. The molecule has 1 aliphatic rings. The number of hydrogen-bond acceptors (Lipinski definition) is 5. The van der Waals surface area contributed by atoms with Gasteiger partial charge in [-0.1, -0.05) is 11.6 Å². The number of aromatic nitrogens is 2. The van der Waals surface area contributed by atoms with E-state index in [9.17, 15) is 13.2 Å². The molecule has 0 saturated heterocycles. The molecule has 1 aromatic heterocycles. The van der Waals surface area contributed by atoms with Crippen LogP contribution in [0.2, 0.25) is 5.02 Å². The molecule has 0 fully saturated rings. The Kier molecular flexibility index (Phi) is 5.06. The summed E-state index contributed by atoms with van der Waals surface area (Å²) in [5.41, 5.74) is 2.42. The van der Waals surface area contributed by atoms with Gasteiger partial charge in [0.05, 0.1) is 11.4 Å². The van der Waals surface area contributed by atoms with Gasteiger partial charge in [-0.2, -0.15) is 33.9 Å². The van der Waals surface area contributed by atoms with Crippen molar-refractivity contribution in [1.82, 2.24) is 9.78 Å². The first-order chi connectivity index (χ1) is 12.8. The van der Waals surface area contributed by atoms with Crippen LogP contribution in [-0.4, -0.2) is 15.5 Å². The monoisotopic (exact) mass is 392 g/mol. The van der Waals surface area contributed by atoms with Crippen LogP contribution in [0.5, 0.6) is 0 Å². The van der Waals surface area contributed by atoms with Gasteiger partial charge in [0.1, 0.15) is 12.1 Å². The Hall–Kier alpha value is -3.04. The number of hydrogen-bond donors (Lipinski definition) is 1. The molecule has 10 heteroatoms. The van der Waals surface area contributed by atoms with E-state index in [1.54, 1.807) is 12.1 Å². The Morgan fingerprint density at radius 1 is 1.22 bits per heavy atom. The van der Waals surface area contributed by atoms with Crippen molar-refractivity contribution in [2.45, 2.75) is 31.9 Å². The van der Waals surface area contributed by atoms with Gasteiger partial charge in [-0.3, -0.25) is 5.43 Å². The van der Waals surface area contributed by atoms with Crippen molar-refractivity contribution in [1.29, 1.82) is 10.5 Å². The lowest BCUT2D eigenvalue weighted by Gasteiger charge is -2.16. The lowest BCUT2D eigenvalue weighted by molar-refractivity contribution is -0.142. The molecule has 1 aliphatic carbocycles. The molecule has 0 unspecified atom stereocenters. The van der Waals surface area contributed by atoms with Crippen LogP contribution in [0.4, 0.5) is 18.9 Å². The van der Waals surface area contributed by atoms with E-state index >= 15 is 0 Å². The second-order valence-electron chi connectivity index (χ2n) is 5.85. The van der Waals surface area contributed by atoms with Crippen LogP contribution >= 0.6 is 11.6 Å². The Bertz CT molecular complexity index is 978. The van der Waals surface area contributed by atoms with Gasteiger partial charge < -0.3 is 0 Å². The first-order valence-corrected chi connectivity index (χ1v) is 8.34. The van der Waals surface area contributed by atoms with Gasteiger partial charge in [0, 0.05) is 16.3 Å². The van der Waals surface area contributed by atoms with Crippen molar-refractivity contribution < 1.29 is 13.2 Å². The molecule has 0 atom stereocenters. The fourth-order valence-electron chi connectivity index (χ4n) is 3.00. The minimum Gasteiger partial charge on any atom is -0.274 e. The predicted molar refractivity (Wildman–Crippen MR) is 92.5 cm³/mol. The zero-order chi connectivity index (χ0) is 19.6. The number of nitrogens with zero attached hydrogens (tertiary/aromatic N) is 5. The second kappa shape index (κ2) is 7.29. The van der Waals surface area contributed by atoms with Gasteiger partial charge in [-0.05, 0) is 43.9 Å². The molecule has 0 amide bonds. The maximum atomic E-state index is 13.4. The number of hydrazone groups is 1. The summed E-state index contributed by atoms with van der Waals surface area (Å²) in [5, 5.41) is 25.3. The van der Waals surface area contributed by atoms with Crippen LogP contribution in [0.1, 0.15) is 29.8 Å². The molecule has 1 heterocycles. The van der Waals surface area contributed by atoms with Gasteiger partial charge >= 0.3 is 6.18 Å². The van der Waals surface area contributed by atoms with E-state index in [1.807, 2.05) is 0 Å². The summed E-state index contributed by atoms with van der Waals surface area (Å²) >= 11 is 5.98. The van der Waals surface area contributed by atoms with Gasteiger partial charge in [0.15, 0.2) is 5.69 Å². The summed E-state index contributed by atoms with van der Waals surface area (Å²) in [4.78, 5) is 0. The zero-order valence-corrected chi connectivity index (χ0v) is 14.6. The van der Waals surface area contributed by atoms with E-state index in [0.29, 0.717) is 35.7 Å². The molecule has 6 nitrogen and oxygen atoms in total. The molecule has 0 aliphatic heterocycles. The highest BCUT2D eigenvalue weighted by atomic mass is 35.5. The minimum atomic E-state index is -4.56. The topological polar surface area (TPSA) is 89.8 Å². The third-order valence-electron chi connectivity index (χ3n) is 4.14. The van der Waals surface area contributed by atoms with Crippen molar-refractivity contribution in [2.75, 3.05) is 5.43 Å². The third-order valence-corrected chi connectivity index (χ3v) is 4.37. The summed E-state index contributed by atoms with van der Waals surface area (Å²) < 4.78 is 41.5. The number of halogens is 4. The van der Waals surface area contributed by atoms with E-state index in [0.717, 1.165) is 6.42 Å².